The standard InChI is InChI=1S/C21H13F6N5O2S/c1-11(20(22,23)24)31-35(33,34)14-5-6-17(29-10-14)18-16(8-28)15-7-12(21(25,26)27)9-30-19(15)32(18)13-3-2-4-13/h2-7,9-11,31H,1H3/t11-/m0/s1. The molecule has 0 amide bonds. The van der Waals surface area contributed by atoms with Gasteiger partial charge in [0.15, 0.2) is 0 Å². The highest BCUT2D eigenvalue weighted by atomic mass is 32.2. The van der Waals surface area contributed by atoms with Crippen LogP contribution in [0.2, 0.25) is 0 Å². The van der Waals surface area contributed by atoms with Crippen molar-refractivity contribution in [2.45, 2.75) is 30.2 Å². The fourth-order valence-electron chi connectivity index (χ4n) is 3.31. The fourth-order valence-corrected chi connectivity index (χ4v) is 4.48. The summed E-state index contributed by atoms with van der Waals surface area (Å²) in [6.07, 6.45) is -3.21. The van der Waals surface area contributed by atoms with Gasteiger partial charge in [0.05, 0.1) is 22.5 Å². The molecule has 182 valence electrons. The quantitative estimate of drug-likeness (QED) is 0.502. The average molecular weight is 513 g/mol. The summed E-state index contributed by atoms with van der Waals surface area (Å²) >= 11 is 0. The van der Waals surface area contributed by atoms with Gasteiger partial charge in [-0.2, -0.15) is 36.3 Å². The topological polar surface area (TPSA) is 101 Å². The van der Waals surface area contributed by atoms with Crippen LogP contribution in [-0.4, -0.2) is 35.2 Å². The van der Waals surface area contributed by atoms with Crippen molar-refractivity contribution in [1.29, 1.82) is 5.26 Å². The highest BCUT2D eigenvalue weighted by Gasteiger charge is 2.39. The molecule has 1 N–H and O–H groups in total. The normalized spacial score (nSPS) is 15.0. The minimum Gasteiger partial charge on any atom is -0.291 e. The molecule has 0 bridgehead atoms. The maximum Gasteiger partial charge on any atom is 0.417 e. The third-order valence-corrected chi connectivity index (χ3v) is 6.68. The lowest BCUT2D eigenvalue weighted by atomic mass is 10.1. The molecule has 0 aliphatic heterocycles. The van der Waals surface area contributed by atoms with Gasteiger partial charge in [-0.15, -0.1) is 0 Å². The van der Waals surface area contributed by atoms with Crippen molar-refractivity contribution in [3.05, 3.63) is 59.9 Å². The zero-order valence-corrected chi connectivity index (χ0v) is 18.3. The molecule has 1 atom stereocenters. The number of alkyl halides is 6. The number of nitriles is 1. The summed E-state index contributed by atoms with van der Waals surface area (Å²) in [5.74, 6) is 0. The SMILES string of the molecule is C[C@H](NS(=O)(=O)c1ccc(-c2c(C#N)c3cc(C(F)(F)F)cnc3n2C2=CC=C2)nc1)C(F)(F)F. The van der Waals surface area contributed by atoms with Crippen molar-refractivity contribution in [1.82, 2.24) is 19.3 Å². The molecule has 0 saturated heterocycles. The lowest BCUT2D eigenvalue weighted by Crippen LogP contribution is -2.42. The Bertz CT molecular complexity index is 1530. The van der Waals surface area contributed by atoms with Gasteiger partial charge < -0.3 is 0 Å². The van der Waals surface area contributed by atoms with Crippen molar-refractivity contribution in [2.75, 3.05) is 0 Å². The molecule has 0 radical (unpaired) electrons. The van der Waals surface area contributed by atoms with Gasteiger partial charge in [-0.3, -0.25) is 9.55 Å². The monoisotopic (exact) mass is 513 g/mol. The van der Waals surface area contributed by atoms with Crippen LogP contribution in [-0.2, 0) is 16.2 Å². The number of allylic oxidation sites excluding steroid dienone is 4. The van der Waals surface area contributed by atoms with Gasteiger partial charge in [-0.05, 0) is 37.3 Å². The Labute approximate surface area is 194 Å². The number of pyridine rings is 2. The van der Waals surface area contributed by atoms with Crippen molar-refractivity contribution < 1.29 is 34.8 Å². The molecule has 4 rings (SSSR count). The Morgan fingerprint density at radius 1 is 1.11 bits per heavy atom. The highest BCUT2D eigenvalue weighted by molar-refractivity contribution is 7.89. The summed E-state index contributed by atoms with van der Waals surface area (Å²) in [6, 6.07) is 2.41. The van der Waals surface area contributed by atoms with Gasteiger partial charge in [0.1, 0.15) is 22.7 Å². The summed E-state index contributed by atoms with van der Waals surface area (Å²) < 4.78 is 106. The molecule has 3 aromatic heterocycles. The van der Waals surface area contributed by atoms with E-state index >= 15 is 0 Å². The van der Waals surface area contributed by atoms with E-state index in [0.717, 1.165) is 24.4 Å². The van der Waals surface area contributed by atoms with E-state index in [-0.39, 0.29) is 28.0 Å². The van der Waals surface area contributed by atoms with Crippen LogP contribution in [0, 0.1) is 11.3 Å². The Morgan fingerprint density at radius 2 is 1.80 bits per heavy atom. The second-order valence-electron chi connectivity index (χ2n) is 7.48. The summed E-state index contributed by atoms with van der Waals surface area (Å²) in [7, 11) is -4.59. The van der Waals surface area contributed by atoms with Crippen LogP contribution in [0.5, 0.6) is 0 Å². The van der Waals surface area contributed by atoms with E-state index in [1.165, 1.54) is 9.29 Å². The molecule has 3 heterocycles. The summed E-state index contributed by atoms with van der Waals surface area (Å²) in [5, 5.41) is 9.67. The van der Waals surface area contributed by atoms with Gasteiger partial charge in [-0.1, -0.05) is 6.08 Å². The highest BCUT2D eigenvalue weighted by Crippen LogP contribution is 2.38. The van der Waals surface area contributed by atoms with Gasteiger partial charge >= 0.3 is 12.4 Å². The Hall–Kier alpha value is -3.70. The van der Waals surface area contributed by atoms with Crippen molar-refractivity contribution in [2.24, 2.45) is 0 Å². The number of hydrogen-bond acceptors (Lipinski definition) is 5. The predicted octanol–water partition coefficient (Wildman–Crippen LogP) is 4.63. The van der Waals surface area contributed by atoms with Gasteiger partial charge in [0.25, 0.3) is 0 Å². The molecule has 0 aromatic carbocycles. The zero-order valence-electron chi connectivity index (χ0n) is 17.5. The number of aromatic nitrogens is 3. The van der Waals surface area contributed by atoms with Gasteiger partial charge in [0.2, 0.25) is 10.0 Å². The summed E-state index contributed by atoms with van der Waals surface area (Å²) in [4.78, 5) is 7.31. The summed E-state index contributed by atoms with van der Waals surface area (Å²) in [6.45, 7) is 0.638. The first kappa shape index (κ1) is 24.4. The number of nitrogens with one attached hydrogen (secondary N) is 1. The van der Waals surface area contributed by atoms with E-state index in [1.54, 1.807) is 18.2 Å². The molecule has 7 nitrogen and oxygen atoms in total. The Balaban J connectivity index is 1.85. The van der Waals surface area contributed by atoms with Crippen LogP contribution < -0.4 is 4.72 Å². The van der Waals surface area contributed by atoms with Crippen LogP contribution in [0.4, 0.5) is 26.3 Å². The molecule has 35 heavy (non-hydrogen) atoms. The minimum atomic E-state index is -4.81. The molecule has 0 unspecified atom stereocenters. The number of nitrogens with zero attached hydrogens (tertiary/aromatic N) is 4. The lowest BCUT2D eigenvalue weighted by molar-refractivity contribution is -0.147. The third kappa shape index (κ3) is 4.40. The van der Waals surface area contributed by atoms with Crippen molar-refractivity contribution in [3.8, 4) is 17.5 Å². The number of sulfonamides is 1. The molecular weight excluding hydrogens is 500 g/mol. The third-order valence-electron chi connectivity index (χ3n) is 5.15. The van der Waals surface area contributed by atoms with E-state index in [1.807, 2.05) is 6.07 Å². The molecule has 3 aromatic rings. The Kier molecular flexibility index (Phi) is 5.73. The number of fused-ring (bicyclic) bond motifs is 1. The first-order valence-electron chi connectivity index (χ1n) is 9.70. The predicted molar refractivity (Wildman–Crippen MR) is 112 cm³/mol. The number of hydrogen-bond donors (Lipinski definition) is 1. The van der Waals surface area contributed by atoms with Crippen molar-refractivity contribution in [3.63, 3.8) is 0 Å². The Morgan fingerprint density at radius 3 is 2.29 bits per heavy atom. The average Bonchev–Trinajstić information content (AvgIpc) is 3.04. The van der Waals surface area contributed by atoms with E-state index in [0.29, 0.717) is 18.8 Å². The molecule has 0 spiro atoms. The fraction of sp³-hybridized carbons (Fsp3) is 0.190. The molecule has 0 fully saturated rings. The minimum absolute atomic E-state index is 0.00266. The second kappa shape index (κ2) is 8.21. The van der Waals surface area contributed by atoms with Crippen LogP contribution in [0.25, 0.3) is 28.1 Å². The maximum atomic E-state index is 13.2. The number of rotatable bonds is 5. The number of halogens is 6. The van der Waals surface area contributed by atoms with E-state index in [9.17, 15) is 40.0 Å². The van der Waals surface area contributed by atoms with Gasteiger partial charge in [0, 0.05) is 23.5 Å². The van der Waals surface area contributed by atoms with Gasteiger partial charge in [-0.25, -0.2) is 13.4 Å². The largest absolute Gasteiger partial charge is 0.417 e. The van der Waals surface area contributed by atoms with E-state index < -0.39 is 38.9 Å². The summed E-state index contributed by atoms with van der Waals surface area (Å²) in [5.41, 5.74) is -0.686. The van der Waals surface area contributed by atoms with Crippen LogP contribution in [0.3, 0.4) is 0 Å². The smallest absolute Gasteiger partial charge is 0.291 e. The molecule has 0 saturated carbocycles. The van der Waals surface area contributed by atoms with Crippen LogP contribution in [0.15, 0.2) is 53.7 Å². The van der Waals surface area contributed by atoms with E-state index in [4.69, 9.17) is 0 Å². The van der Waals surface area contributed by atoms with Crippen LogP contribution in [0.1, 0.15) is 18.1 Å². The molecule has 1 aliphatic rings. The second-order valence-corrected chi connectivity index (χ2v) is 9.19. The van der Waals surface area contributed by atoms with Crippen LogP contribution >= 0.6 is 0 Å². The first-order chi connectivity index (χ1) is 16.2. The first-order valence-corrected chi connectivity index (χ1v) is 11.2. The zero-order chi connectivity index (χ0) is 25.8. The molecule has 1 aliphatic carbocycles. The maximum absolute atomic E-state index is 13.2. The molecule has 14 heteroatoms. The molecular formula is C21H13F6N5O2S. The van der Waals surface area contributed by atoms with E-state index in [2.05, 4.69) is 9.97 Å². The lowest BCUT2D eigenvalue weighted by Gasteiger charge is -2.17. The van der Waals surface area contributed by atoms with Crippen molar-refractivity contribution >= 4 is 26.8 Å².